The lowest BCUT2D eigenvalue weighted by Gasteiger charge is -2.30. The normalized spacial score (nSPS) is 17.3. The zero-order valence-corrected chi connectivity index (χ0v) is 7.50. The van der Waals surface area contributed by atoms with Crippen molar-refractivity contribution in [3.8, 4) is 0 Å². The van der Waals surface area contributed by atoms with Crippen LogP contribution >= 0.6 is 0 Å². The first-order chi connectivity index (χ1) is 5.63. The quantitative estimate of drug-likeness (QED) is 0.378. The topological polar surface area (TPSA) is 76.5 Å². The molecule has 5 N–H and O–H groups in total. The molecule has 0 saturated heterocycles. The van der Waals surface area contributed by atoms with Gasteiger partial charge in [0.15, 0.2) is 5.82 Å². The van der Waals surface area contributed by atoms with Crippen LogP contribution in [0.1, 0.15) is 13.8 Å². The summed E-state index contributed by atoms with van der Waals surface area (Å²) >= 11 is 0. The van der Waals surface area contributed by atoms with Crippen LogP contribution in [0, 0.1) is 0 Å². The largest absolute Gasteiger partial charge is 0.475 e. The molecule has 5 nitrogen and oxygen atoms in total. The molecule has 0 unspecified atom stereocenters. The number of nitrogens with one attached hydrogen (secondary N) is 1. The number of hydrazine groups is 1. The number of nitrogens with zero attached hydrogens (tertiary/aromatic N) is 1. The minimum Gasteiger partial charge on any atom is -0.475 e. The number of hydrogen-bond donors (Lipinski definition) is 3. The number of nitrogens with two attached hydrogens (primary N) is 2. The van der Waals surface area contributed by atoms with Gasteiger partial charge >= 0.3 is 0 Å². The molecule has 1 aliphatic rings. The summed E-state index contributed by atoms with van der Waals surface area (Å²) in [7, 11) is 0. The molecule has 5 heteroatoms. The van der Waals surface area contributed by atoms with Gasteiger partial charge in [0.2, 0.25) is 5.88 Å². The summed E-state index contributed by atoms with van der Waals surface area (Å²) in [5.74, 6) is 6.78. The SMILES string of the molecule is CC(C)N(N)C1=C(N)OCCN1. The first-order valence-electron chi connectivity index (χ1n) is 4.03. The van der Waals surface area contributed by atoms with Gasteiger partial charge in [-0.15, -0.1) is 0 Å². The molecule has 1 heterocycles. The molecule has 0 fully saturated rings. The van der Waals surface area contributed by atoms with E-state index in [4.69, 9.17) is 16.3 Å². The summed E-state index contributed by atoms with van der Waals surface area (Å²) < 4.78 is 5.13. The lowest BCUT2D eigenvalue weighted by Crippen LogP contribution is -2.46. The summed E-state index contributed by atoms with van der Waals surface area (Å²) in [5.41, 5.74) is 5.59. The van der Waals surface area contributed by atoms with Gasteiger partial charge in [-0.1, -0.05) is 0 Å². The predicted octanol–water partition coefficient (Wildman–Crippen LogP) is -0.724. The Morgan fingerprint density at radius 2 is 2.25 bits per heavy atom. The van der Waals surface area contributed by atoms with Crippen LogP contribution in [0.15, 0.2) is 11.7 Å². The zero-order valence-electron chi connectivity index (χ0n) is 7.50. The van der Waals surface area contributed by atoms with Crippen LogP contribution in [0.25, 0.3) is 0 Å². The van der Waals surface area contributed by atoms with Crippen molar-refractivity contribution in [3.05, 3.63) is 11.7 Å². The molecule has 0 saturated carbocycles. The van der Waals surface area contributed by atoms with Crippen molar-refractivity contribution >= 4 is 0 Å². The first-order valence-corrected chi connectivity index (χ1v) is 4.03. The van der Waals surface area contributed by atoms with Gasteiger partial charge in [-0.2, -0.15) is 0 Å². The third-order valence-corrected chi connectivity index (χ3v) is 1.70. The van der Waals surface area contributed by atoms with Crippen molar-refractivity contribution in [2.75, 3.05) is 13.2 Å². The van der Waals surface area contributed by atoms with Crippen LogP contribution in [-0.4, -0.2) is 24.2 Å². The smallest absolute Gasteiger partial charge is 0.227 e. The summed E-state index contributed by atoms with van der Waals surface area (Å²) in [6, 6.07) is 0.202. The zero-order chi connectivity index (χ0) is 9.14. The standard InChI is InChI=1S/C7H16N4O/c1-5(2)11(9)7-6(8)12-4-3-10-7/h5,10H,3-4,8-9H2,1-2H3. The lowest BCUT2D eigenvalue weighted by atomic mass is 10.3. The summed E-state index contributed by atoms with van der Waals surface area (Å²) in [6.45, 7) is 5.31. The lowest BCUT2D eigenvalue weighted by molar-refractivity contribution is 0.147. The van der Waals surface area contributed by atoms with Crippen molar-refractivity contribution < 1.29 is 4.74 Å². The monoisotopic (exact) mass is 172 g/mol. The maximum Gasteiger partial charge on any atom is 0.227 e. The van der Waals surface area contributed by atoms with Crippen LogP contribution in [0.5, 0.6) is 0 Å². The average molecular weight is 172 g/mol. The maximum absolute atomic E-state index is 5.73. The molecular formula is C7H16N4O. The summed E-state index contributed by atoms with van der Waals surface area (Å²) in [6.07, 6.45) is 0. The molecule has 70 valence electrons. The maximum atomic E-state index is 5.73. The van der Waals surface area contributed by atoms with E-state index in [0.29, 0.717) is 18.3 Å². The Labute approximate surface area is 72.3 Å². The van der Waals surface area contributed by atoms with Gasteiger partial charge in [-0.25, -0.2) is 5.84 Å². The van der Waals surface area contributed by atoms with E-state index in [0.717, 1.165) is 6.54 Å². The van der Waals surface area contributed by atoms with Crippen LogP contribution in [0.2, 0.25) is 0 Å². The molecule has 0 aliphatic carbocycles. The number of ether oxygens (including phenoxy) is 1. The third kappa shape index (κ3) is 1.73. The van der Waals surface area contributed by atoms with Crippen molar-refractivity contribution in [2.24, 2.45) is 11.6 Å². The van der Waals surface area contributed by atoms with E-state index in [9.17, 15) is 0 Å². The Kier molecular flexibility index (Phi) is 2.65. The second-order valence-corrected chi connectivity index (χ2v) is 2.99. The highest BCUT2D eigenvalue weighted by molar-refractivity contribution is 5.04. The van der Waals surface area contributed by atoms with Crippen LogP contribution in [-0.2, 0) is 4.74 Å². The van der Waals surface area contributed by atoms with Crippen LogP contribution < -0.4 is 16.9 Å². The van der Waals surface area contributed by atoms with Gasteiger partial charge in [-0.3, -0.25) is 5.01 Å². The molecule has 12 heavy (non-hydrogen) atoms. The van der Waals surface area contributed by atoms with Crippen LogP contribution in [0.4, 0.5) is 0 Å². The molecular weight excluding hydrogens is 156 g/mol. The molecule has 0 aromatic heterocycles. The highest BCUT2D eigenvalue weighted by Gasteiger charge is 2.16. The van der Waals surface area contributed by atoms with Gasteiger partial charge in [0.25, 0.3) is 0 Å². The number of rotatable bonds is 2. The average Bonchev–Trinajstić information content (AvgIpc) is 2.04. The van der Waals surface area contributed by atoms with E-state index in [1.807, 2.05) is 13.8 Å². The van der Waals surface area contributed by atoms with Crippen molar-refractivity contribution in [2.45, 2.75) is 19.9 Å². The minimum atomic E-state index is 0.202. The van der Waals surface area contributed by atoms with E-state index < -0.39 is 0 Å². The van der Waals surface area contributed by atoms with Crippen LogP contribution in [0.3, 0.4) is 0 Å². The second-order valence-electron chi connectivity index (χ2n) is 2.99. The van der Waals surface area contributed by atoms with Crippen molar-refractivity contribution in [1.29, 1.82) is 0 Å². The van der Waals surface area contributed by atoms with Gasteiger partial charge in [-0.05, 0) is 13.8 Å². The van der Waals surface area contributed by atoms with E-state index in [1.54, 1.807) is 5.01 Å². The van der Waals surface area contributed by atoms with Crippen molar-refractivity contribution in [3.63, 3.8) is 0 Å². The predicted molar refractivity (Wildman–Crippen MR) is 46.3 cm³/mol. The molecule has 0 amide bonds. The highest BCUT2D eigenvalue weighted by Crippen LogP contribution is 2.07. The molecule has 0 radical (unpaired) electrons. The first kappa shape index (κ1) is 8.99. The molecule has 1 rings (SSSR count). The Morgan fingerprint density at radius 3 is 2.75 bits per heavy atom. The molecule has 0 aromatic rings. The van der Waals surface area contributed by atoms with Gasteiger partial charge < -0.3 is 15.8 Å². The van der Waals surface area contributed by atoms with Gasteiger partial charge in [0.1, 0.15) is 6.61 Å². The second kappa shape index (κ2) is 3.53. The van der Waals surface area contributed by atoms with Crippen molar-refractivity contribution in [1.82, 2.24) is 10.3 Å². The van der Waals surface area contributed by atoms with Gasteiger partial charge in [0.05, 0.1) is 6.54 Å². The third-order valence-electron chi connectivity index (χ3n) is 1.70. The Hall–Kier alpha value is -1.10. The molecule has 0 aromatic carbocycles. The highest BCUT2D eigenvalue weighted by atomic mass is 16.5. The van der Waals surface area contributed by atoms with Gasteiger partial charge in [0, 0.05) is 6.04 Å². The van der Waals surface area contributed by atoms with E-state index in [-0.39, 0.29) is 6.04 Å². The van der Waals surface area contributed by atoms with E-state index in [1.165, 1.54) is 0 Å². The fraction of sp³-hybridized carbons (Fsp3) is 0.714. The summed E-state index contributed by atoms with van der Waals surface area (Å²) in [4.78, 5) is 0. The Balaban J connectivity index is 2.70. The summed E-state index contributed by atoms with van der Waals surface area (Å²) in [5, 5.41) is 4.64. The molecule has 0 spiro atoms. The van der Waals surface area contributed by atoms with E-state index in [2.05, 4.69) is 5.32 Å². The van der Waals surface area contributed by atoms with E-state index >= 15 is 0 Å². The minimum absolute atomic E-state index is 0.202. The molecule has 1 aliphatic heterocycles. The Bertz CT molecular complexity index is 190. The molecule has 0 atom stereocenters. The fourth-order valence-corrected chi connectivity index (χ4v) is 0.963. The Morgan fingerprint density at radius 1 is 1.58 bits per heavy atom. The molecule has 0 bridgehead atoms. The number of hydrogen-bond acceptors (Lipinski definition) is 5. The fourth-order valence-electron chi connectivity index (χ4n) is 0.963.